The van der Waals surface area contributed by atoms with Crippen LogP contribution in [0.3, 0.4) is 0 Å². The van der Waals surface area contributed by atoms with E-state index in [4.69, 9.17) is 5.11 Å². The van der Waals surface area contributed by atoms with Gasteiger partial charge in [-0.15, -0.1) is 0 Å². The molecule has 0 aromatic carbocycles. The molecule has 0 aliphatic heterocycles. The Bertz CT molecular complexity index is 565. The molecule has 104 valence electrons. The van der Waals surface area contributed by atoms with Gasteiger partial charge in [-0.3, -0.25) is 14.4 Å². The van der Waals surface area contributed by atoms with Gasteiger partial charge in [-0.05, 0) is 33.3 Å². The van der Waals surface area contributed by atoms with E-state index in [0.717, 1.165) is 0 Å². The fourth-order valence-corrected chi connectivity index (χ4v) is 1.52. The Morgan fingerprint density at radius 1 is 1.32 bits per heavy atom. The van der Waals surface area contributed by atoms with Crippen LogP contribution in [0.5, 0.6) is 0 Å². The molecule has 7 heteroatoms. The van der Waals surface area contributed by atoms with Crippen LogP contribution < -0.4 is 10.9 Å². The van der Waals surface area contributed by atoms with E-state index in [1.165, 1.54) is 6.92 Å². The topological polar surface area (TPSA) is 112 Å². The van der Waals surface area contributed by atoms with E-state index in [2.05, 4.69) is 15.5 Å². The second kappa shape index (κ2) is 5.64. The number of hydrogen-bond acceptors (Lipinski definition) is 4. The Balaban J connectivity index is 3.00. The molecule has 0 bridgehead atoms. The maximum absolute atomic E-state index is 12.0. The van der Waals surface area contributed by atoms with Gasteiger partial charge in [0.15, 0.2) is 0 Å². The van der Waals surface area contributed by atoms with Crippen molar-refractivity contribution in [1.82, 2.24) is 15.5 Å². The molecule has 19 heavy (non-hydrogen) atoms. The molecule has 0 aliphatic rings. The lowest BCUT2D eigenvalue weighted by molar-refractivity contribution is -0.141. The molecule has 0 radical (unpaired) electrons. The van der Waals surface area contributed by atoms with Gasteiger partial charge in [-0.2, -0.15) is 5.10 Å². The first-order valence-electron chi connectivity index (χ1n) is 5.85. The van der Waals surface area contributed by atoms with Crippen molar-refractivity contribution in [2.75, 3.05) is 0 Å². The lowest BCUT2D eigenvalue weighted by atomic mass is 10.0. The Hall–Kier alpha value is -2.18. The second-order valence-electron chi connectivity index (χ2n) is 4.53. The van der Waals surface area contributed by atoms with Gasteiger partial charge in [-0.25, -0.2) is 5.10 Å². The minimum Gasteiger partial charge on any atom is -0.481 e. The highest BCUT2D eigenvalue weighted by Crippen LogP contribution is 2.07. The summed E-state index contributed by atoms with van der Waals surface area (Å²) in [5.41, 5.74) is 0.410. The Morgan fingerprint density at radius 3 is 2.42 bits per heavy atom. The van der Waals surface area contributed by atoms with Gasteiger partial charge in [0.2, 0.25) is 0 Å². The lowest BCUT2D eigenvalue weighted by Gasteiger charge is -2.18. The van der Waals surface area contributed by atoms with Crippen LogP contribution in [0.15, 0.2) is 4.79 Å². The summed E-state index contributed by atoms with van der Waals surface area (Å²) in [6.45, 7) is 6.36. The van der Waals surface area contributed by atoms with Gasteiger partial charge in [0, 0.05) is 6.04 Å². The molecule has 1 heterocycles. The van der Waals surface area contributed by atoms with Crippen LogP contribution in [0.25, 0.3) is 0 Å². The minimum atomic E-state index is -1.01. The number of carbonyl (C=O) groups is 2. The zero-order valence-corrected chi connectivity index (χ0v) is 11.3. The van der Waals surface area contributed by atoms with Crippen molar-refractivity contribution in [3.05, 3.63) is 27.2 Å². The number of hydrogen-bond donors (Lipinski definition) is 3. The van der Waals surface area contributed by atoms with E-state index < -0.39 is 29.4 Å². The summed E-state index contributed by atoms with van der Waals surface area (Å²) in [6.07, 6.45) is 0. The standard InChI is InChI=1S/C12H17N3O4/c1-5-8(4)14-15-11(17)9(5)10(16)13-7(3)6(2)12(18)19/h6-7H,1-4H3,(H,13,16)(H,15,17)(H,18,19). The van der Waals surface area contributed by atoms with Crippen molar-refractivity contribution in [3.8, 4) is 0 Å². The Kier molecular flexibility index (Phi) is 4.42. The molecule has 0 fully saturated rings. The van der Waals surface area contributed by atoms with Crippen LogP contribution in [-0.4, -0.2) is 33.2 Å². The first kappa shape index (κ1) is 14.9. The lowest BCUT2D eigenvalue weighted by Crippen LogP contribution is -2.42. The summed E-state index contributed by atoms with van der Waals surface area (Å²) < 4.78 is 0. The van der Waals surface area contributed by atoms with Crippen molar-refractivity contribution in [1.29, 1.82) is 0 Å². The monoisotopic (exact) mass is 267 g/mol. The van der Waals surface area contributed by atoms with Crippen LogP contribution >= 0.6 is 0 Å². The van der Waals surface area contributed by atoms with Gasteiger partial charge in [0.1, 0.15) is 5.56 Å². The van der Waals surface area contributed by atoms with Crippen molar-refractivity contribution in [2.24, 2.45) is 5.92 Å². The molecule has 1 aromatic rings. The van der Waals surface area contributed by atoms with Crippen molar-refractivity contribution < 1.29 is 14.7 Å². The van der Waals surface area contributed by atoms with Crippen LogP contribution in [0.1, 0.15) is 35.5 Å². The molecule has 3 N–H and O–H groups in total. The smallest absolute Gasteiger partial charge is 0.308 e. The quantitative estimate of drug-likeness (QED) is 0.722. The maximum Gasteiger partial charge on any atom is 0.308 e. The molecule has 2 atom stereocenters. The number of nitrogens with one attached hydrogen (secondary N) is 2. The zero-order chi connectivity index (χ0) is 14.7. The number of H-pyrrole nitrogens is 1. The highest BCUT2D eigenvalue weighted by molar-refractivity contribution is 5.95. The van der Waals surface area contributed by atoms with Crippen LogP contribution in [0.4, 0.5) is 0 Å². The van der Waals surface area contributed by atoms with Crippen LogP contribution in [0, 0.1) is 19.8 Å². The number of carboxylic acid groups (broad SMARTS) is 1. The molecular formula is C12H17N3O4. The van der Waals surface area contributed by atoms with Gasteiger partial charge in [-0.1, -0.05) is 0 Å². The molecule has 0 saturated heterocycles. The predicted octanol–water partition coefficient (Wildman–Crippen LogP) is 0.226. The van der Waals surface area contributed by atoms with Gasteiger partial charge >= 0.3 is 5.97 Å². The number of aromatic amines is 1. The van der Waals surface area contributed by atoms with E-state index in [9.17, 15) is 14.4 Å². The predicted molar refractivity (Wildman–Crippen MR) is 68.1 cm³/mol. The molecule has 1 amide bonds. The highest BCUT2D eigenvalue weighted by Gasteiger charge is 2.24. The molecule has 0 spiro atoms. The van der Waals surface area contributed by atoms with E-state index in [1.54, 1.807) is 20.8 Å². The number of nitrogens with zero attached hydrogens (tertiary/aromatic N) is 1. The number of aryl methyl sites for hydroxylation is 1. The summed E-state index contributed by atoms with van der Waals surface area (Å²) >= 11 is 0. The zero-order valence-electron chi connectivity index (χ0n) is 11.3. The fraction of sp³-hybridized carbons (Fsp3) is 0.500. The van der Waals surface area contributed by atoms with Crippen LogP contribution in [0.2, 0.25) is 0 Å². The fourth-order valence-electron chi connectivity index (χ4n) is 1.52. The summed E-state index contributed by atoms with van der Waals surface area (Å²) in [5.74, 6) is -2.35. The molecular weight excluding hydrogens is 250 g/mol. The summed E-state index contributed by atoms with van der Waals surface area (Å²) in [5, 5.41) is 17.4. The largest absolute Gasteiger partial charge is 0.481 e. The average Bonchev–Trinajstić information content (AvgIpc) is 2.33. The number of amides is 1. The molecule has 0 aliphatic carbocycles. The number of carboxylic acids is 1. The SMILES string of the molecule is Cc1n[nH]c(=O)c(C(=O)NC(C)C(C)C(=O)O)c1C. The molecule has 1 rings (SSSR count). The third-order valence-corrected chi connectivity index (χ3v) is 3.20. The first-order chi connectivity index (χ1) is 8.75. The average molecular weight is 267 g/mol. The van der Waals surface area contributed by atoms with Gasteiger partial charge < -0.3 is 10.4 Å². The van der Waals surface area contributed by atoms with Gasteiger partial charge in [0.05, 0.1) is 11.6 Å². The third kappa shape index (κ3) is 3.18. The maximum atomic E-state index is 12.0. The van der Waals surface area contributed by atoms with Crippen molar-refractivity contribution >= 4 is 11.9 Å². The second-order valence-corrected chi connectivity index (χ2v) is 4.53. The number of aliphatic carboxylic acids is 1. The minimum absolute atomic E-state index is 0.0306. The summed E-state index contributed by atoms with van der Waals surface area (Å²) in [7, 11) is 0. The number of aromatic nitrogens is 2. The third-order valence-electron chi connectivity index (χ3n) is 3.20. The van der Waals surface area contributed by atoms with Crippen LogP contribution in [-0.2, 0) is 4.79 Å². The van der Waals surface area contributed by atoms with E-state index in [0.29, 0.717) is 11.3 Å². The van der Waals surface area contributed by atoms with Gasteiger partial charge in [0.25, 0.3) is 11.5 Å². The summed E-state index contributed by atoms with van der Waals surface area (Å²) in [4.78, 5) is 34.5. The van der Waals surface area contributed by atoms with E-state index in [-0.39, 0.29) is 5.56 Å². The Morgan fingerprint density at radius 2 is 1.89 bits per heavy atom. The molecule has 0 saturated carbocycles. The van der Waals surface area contributed by atoms with E-state index >= 15 is 0 Å². The highest BCUT2D eigenvalue weighted by atomic mass is 16.4. The molecule has 7 nitrogen and oxygen atoms in total. The van der Waals surface area contributed by atoms with Crippen molar-refractivity contribution in [2.45, 2.75) is 33.7 Å². The van der Waals surface area contributed by atoms with Crippen molar-refractivity contribution in [3.63, 3.8) is 0 Å². The summed E-state index contributed by atoms with van der Waals surface area (Å²) in [6, 6.07) is -0.586. The molecule has 2 unspecified atom stereocenters. The number of rotatable bonds is 4. The number of carbonyl (C=O) groups excluding carboxylic acids is 1. The normalized spacial score (nSPS) is 13.7. The molecule has 1 aromatic heterocycles. The Labute approximate surface area is 110 Å². The van der Waals surface area contributed by atoms with E-state index in [1.807, 2.05) is 0 Å². The first-order valence-corrected chi connectivity index (χ1v) is 5.85.